The van der Waals surface area contributed by atoms with Gasteiger partial charge in [0, 0.05) is 25.2 Å². The highest BCUT2D eigenvalue weighted by Crippen LogP contribution is 2.29. The molecule has 3 fully saturated rings. The van der Waals surface area contributed by atoms with Gasteiger partial charge < -0.3 is 15.5 Å². The van der Waals surface area contributed by atoms with E-state index < -0.39 is 0 Å². The normalized spacial score (nSPS) is 31.6. The number of rotatable bonds is 3. The molecule has 0 bridgehead atoms. The number of likely N-dealkylation sites (tertiary alicyclic amines) is 1. The summed E-state index contributed by atoms with van der Waals surface area (Å²) in [4.78, 5) is 14.5. The largest absolute Gasteiger partial charge is 0.352 e. The molecule has 3 aliphatic rings. The summed E-state index contributed by atoms with van der Waals surface area (Å²) >= 11 is 0. The molecule has 2 aliphatic heterocycles. The monoisotopic (exact) mass is 237 g/mol. The van der Waals surface area contributed by atoms with E-state index in [1.54, 1.807) is 0 Å². The van der Waals surface area contributed by atoms with Gasteiger partial charge in [0.15, 0.2) is 0 Å². The van der Waals surface area contributed by atoms with Gasteiger partial charge in [-0.3, -0.25) is 4.79 Å². The van der Waals surface area contributed by atoms with Crippen LogP contribution in [0.2, 0.25) is 0 Å². The Bertz CT molecular complexity index is 276. The molecule has 0 aromatic carbocycles. The molecule has 0 unspecified atom stereocenters. The van der Waals surface area contributed by atoms with Crippen molar-refractivity contribution < 1.29 is 4.79 Å². The molecule has 4 nitrogen and oxygen atoms in total. The van der Waals surface area contributed by atoms with Crippen LogP contribution in [0.4, 0.5) is 0 Å². The van der Waals surface area contributed by atoms with Crippen molar-refractivity contribution in [1.82, 2.24) is 15.5 Å². The Hall–Kier alpha value is -0.610. The molecule has 2 saturated heterocycles. The maximum atomic E-state index is 12.0. The molecule has 1 aliphatic carbocycles. The van der Waals surface area contributed by atoms with E-state index in [-0.39, 0.29) is 11.9 Å². The van der Waals surface area contributed by atoms with Crippen LogP contribution in [-0.4, -0.2) is 48.6 Å². The van der Waals surface area contributed by atoms with Crippen LogP contribution in [0.15, 0.2) is 0 Å². The second-order valence-corrected chi connectivity index (χ2v) is 5.70. The Morgan fingerprint density at radius 3 is 2.47 bits per heavy atom. The van der Waals surface area contributed by atoms with Crippen molar-refractivity contribution in [2.75, 3.05) is 19.6 Å². The van der Waals surface area contributed by atoms with Crippen LogP contribution in [0.25, 0.3) is 0 Å². The average Bonchev–Trinajstić information content (AvgIpc) is 3.05. The van der Waals surface area contributed by atoms with Crippen molar-refractivity contribution in [2.24, 2.45) is 0 Å². The summed E-state index contributed by atoms with van der Waals surface area (Å²) in [5.41, 5.74) is 0. The fourth-order valence-electron chi connectivity index (χ4n) is 3.06. The lowest BCUT2D eigenvalue weighted by Gasteiger charge is -2.32. The fourth-order valence-corrected chi connectivity index (χ4v) is 3.06. The lowest BCUT2D eigenvalue weighted by Crippen LogP contribution is -2.49. The predicted octanol–water partition coefficient (Wildman–Crippen LogP) is 0.481. The van der Waals surface area contributed by atoms with Crippen molar-refractivity contribution in [3.05, 3.63) is 0 Å². The zero-order valence-electron chi connectivity index (χ0n) is 10.5. The van der Waals surface area contributed by atoms with E-state index in [1.807, 2.05) is 0 Å². The van der Waals surface area contributed by atoms with Crippen molar-refractivity contribution in [1.29, 1.82) is 0 Å². The van der Waals surface area contributed by atoms with Crippen LogP contribution < -0.4 is 10.6 Å². The first-order chi connectivity index (χ1) is 8.33. The van der Waals surface area contributed by atoms with Crippen LogP contribution in [0.3, 0.4) is 0 Å². The molecule has 4 heteroatoms. The van der Waals surface area contributed by atoms with Gasteiger partial charge in [-0.05, 0) is 45.1 Å². The van der Waals surface area contributed by atoms with Crippen LogP contribution in [0, 0.1) is 0 Å². The minimum atomic E-state index is 0.0801. The van der Waals surface area contributed by atoms with Crippen LogP contribution >= 0.6 is 0 Å². The fraction of sp³-hybridized carbons (Fsp3) is 0.923. The van der Waals surface area contributed by atoms with E-state index in [2.05, 4.69) is 15.5 Å². The molecule has 3 rings (SSSR count). The van der Waals surface area contributed by atoms with Crippen molar-refractivity contribution in [3.8, 4) is 0 Å². The van der Waals surface area contributed by atoms with E-state index in [1.165, 1.54) is 25.9 Å². The zero-order valence-corrected chi connectivity index (χ0v) is 10.5. The molecule has 0 aromatic heterocycles. The molecule has 0 spiro atoms. The number of nitrogens with zero attached hydrogens (tertiary/aromatic N) is 1. The predicted molar refractivity (Wildman–Crippen MR) is 66.8 cm³/mol. The Labute approximate surface area is 103 Å². The zero-order chi connectivity index (χ0) is 11.7. The van der Waals surface area contributed by atoms with Gasteiger partial charge in [0.05, 0.1) is 6.04 Å². The molecule has 2 heterocycles. The Kier molecular flexibility index (Phi) is 3.34. The minimum Gasteiger partial charge on any atom is -0.352 e. The maximum Gasteiger partial charge on any atom is 0.237 e. The second-order valence-electron chi connectivity index (χ2n) is 5.70. The second kappa shape index (κ2) is 4.94. The molecule has 1 amide bonds. The standard InChI is InChI=1S/C13H23N3O/c17-13(12-2-1-7-14-12)15-10-5-8-16(9-6-10)11-3-4-11/h10-12,14H,1-9H2,(H,15,17)/t12-/m1/s1. The highest BCUT2D eigenvalue weighted by molar-refractivity contribution is 5.82. The summed E-state index contributed by atoms with van der Waals surface area (Å²) in [7, 11) is 0. The lowest BCUT2D eigenvalue weighted by molar-refractivity contribution is -0.123. The van der Waals surface area contributed by atoms with Crippen LogP contribution in [0.1, 0.15) is 38.5 Å². The Balaban J connectivity index is 1.41. The van der Waals surface area contributed by atoms with E-state index in [4.69, 9.17) is 0 Å². The third kappa shape index (κ3) is 2.80. The summed E-state index contributed by atoms with van der Waals surface area (Å²) in [6.45, 7) is 3.35. The number of hydrogen-bond acceptors (Lipinski definition) is 3. The van der Waals surface area contributed by atoms with Crippen LogP contribution in [-0.2, 0) is 4.79 Å². The van der Waals surface area contributed by atoms with Gasteiger partial charge >= 0.3 is 0 Å². The SMILES string of the molecule is O=C(NC1CCN(C2CC2)CC1)[C@H]1CCCN1. The molecule has 17 heavy (non-hydrogen) atoms. The van der Waals surface area contributed by atoms with Gasteiger partial charge in [0.25, 0.3) is 0 Å². The summed E-state index contributed by atoms with van der Waals surface area (Å²) in [5, 5.41) is 6.47. The molecule has 0 aromatic rings. The first-order valence-electron chi connectivity index (χ1n) is 7.11. The summed E-state index contributed by atoms with van der Waals surface area (Å²) in [6, 6.07) is 1.37. The lowest BCUT2D eigenvalue weighted by atomic mass is 10.0. The number of carbonyl (C=O) groups excluding carboxylic acids is 1. The third-order valence-corrected chi connectivity index (χ3v) is 4.32. The summed E-state index contributed by atoms with van der Waals surface area (Å²) in [5.74, 6) is 0.229. The highest BCUT2D eigenvalue weighted by Gasteiger charge is 2.32. The average molecular weight is 237 g/mol. The number of carbonyl (C=O) groups is 1. The van der Waals surface area contributed by atoms with Gasteiger partial charge in [0.1, 0.15) is 0 Å². The third-order valence-electron chi connectivity index (χ3n) is 4.32. The molecular weight excluding hydrogens is 214 g/mol. The van der Waals surface area contributed by atoms with Gasteiger partial charge in [-0.2, -0.15) is 0 Å². The number of hydrogen-bond donors (Lipinski definition) is 2. The maximum absolute atomic E-state index is 12.0. The van der Waals surface area contributed by atoms with E-state index in [0.717, 1.165) is 38.3 Å². The number of amides is 1. The Morgan fingerprint density at radius 1 is 1.12 bits per heavy atom. The molecular formula is C13H23N3O. The van der Waals surface area contributed by atoms with Gasteiger partial charge in [-0.25, -0.2) is 0 Å². The number of nitrogens with one attached hydrogen (secondary N) is 2. The number of piperidine rings is 1. The van der Waals surface area contributed by atoms with Gasteiger partial charge in [-0.15, -0.1) is 0 Å². The van der Waals surface area contributed by atoms with E-state index >= 15 is 0 Å². The Morgan fingerprint density at radius 2 is 1.88 bits per heavy atom. The van der Waals surface area contributed by atoms with E-state index in [0.29, 0.717) is 6.04 Å². The first kappa shape index (κ1) is 11.5. The van der Waals surface area contributed by atoms with E-state index in [9.17, 15) is 4.79 Å². The van der Waals surface area contributed by atoms with Crippen LogP contribution in [0.5, 0.6) is 0 Å². The quantitative estimate of drug-likeness (QED) is 0.750. The van der Waals surface area contributed by atoms with Crippen molar-refractivity contribution in [3.63, 3.8) is 0 Å². The van der Waals surface area contributed by atoms with Crippen molar-refractivity contribution in [2.45, 2.75) is 56.7 Å². The molecule has 2 N–H and O–H groups in total. The smallest absolute Gasteiger partial charge is 0.237 e. The first-order valence-corrected chi connectivity index (χ1v) is 7.11. The molecule has 0 radical (unpaired) electrons. The molecule has 1 atom stereocenters. The molecule has 1 saturated carbocycles. The highest BCUT2D eigenvalue weighted by atomic mass is 16.2. The molecule has 96 valence electrons. The topological polar surface area (TPSA) is 44.4 Å². The summed E-state index contributed by atoms with van der Waals surface area (Å²) < 4.78 is 0. The van der Waals surface area contributed by atoms with Gasteiger partial charge in [0.2, 0.25) is 5.91 Å². The van der Waals surface area contributed by atoms with Crippen molar-refractivity contribution >= 4 is 5.91 Å². The van der Waals surface area contributed by atoms with Gasteiger partial charge in [-0.1, -0.05) is 0 Å². The summed E-state index contributed by atoms with van der Waals surface area (Å²) in [6.07, 6.45) is 7.20. The minimum absolute atomic E-state index is 0.0801.